The smallest absolute Gasteiger partial charge is 0.258 e. The molecule has 1 aromatic heterocycles. The summed E-state index contributed by atoms with van der Waals surface area (Å²) in [5.41, 5.74) is 7.32. The van der Waals surface area contributed by atoms with Crippen molar-refractivity contribution in [1.82, 2.24) is 4.98 Å². The molecule has 0 unspecified atom stereocenters. The third kappa shape index (κ3) is 3.24. The van der Waals surface area contributed by atoms with Crippen LogP contribution in [0.15, 0.2) is 34.9 Å². The van der Waals surface area contributed by atoms with Gasteiger partial charge in [-0.1, -0.05) is 11.6 Å². The number of nitrogens with two attached hydrogens (primary N) is 1. The Labute approximate surface area is 124 Å². The highest BCUT2D eigenvalue weighted by molar-refractivity contribution is 9.10. The fourth-order valence-corrected chi connectivity index (χ4v) is 2.28. The number of aryl methyl sites for hydroxylation is 1. The number of nitrogens with one attached hydrogen (secondary N) is 1. The Morgan fingerprint density at radius 1 is 1.42 bits per heavy atom. The third-order valence-corrected chi connectivity index (χ3v) is 3.26. The first kappa shape index (κ1) is 13.8. The van der Waals surface area contributed by atoms with Crippen molar-refractivity contribution in [3.05, 3.63) is 51.1 Å². The van der Waals surface area contributed by atoms with Gasteiger partial charge in [-0.15, -0.1) is 0 Å². The molecule has 1 amide bonds. The summed E-state index contributed by atoms with van der Waals surface area (Å²) < 4.78 is 0.855. The highest BCUT2D eigenvalue weighted by Gasteiger charge is 2.12. The first-order valence-electron chi connectivity index (χ1n) is 5.46. The number of carbonyl (C=O) groups excluding carboxylic acids is 1. The standard InChI is InChI=1S/C13H11BrClN3O/c1-7-4-8(14)6-17-12(7)18-13(19)10-3-2-9(16)5-11(10)15/h2-6H,16H2,1H3,(H,17,18,19). The van der Waals surface area contributed by atoms with Crippen molar-refractivity contribution in [3.63, 3.8) is 0 Å². The summed E-state index contributed by atoms with van der Waals surface area (Å²) in [5, 5.41) is 3.03. The molecule has 1 heterocycles. The van der Waals surface area contributed by atoms with E-state index in [0.717, 1.165) is 10.0 Å². The Kier molecular flexibility index (Phi) is 4.07. The Hall–Kier alpha value is -1.59. The van der Waals surface area contributed by atoms with E-state index in [4.69, 9.17) is 17.3 Å². The van der Waals surface area contributed by atoms with Crippen LogP contribution in [-0.4, -0.2) is 10.9 Å². The number of hydrogen-bond donors (Lipinski definition) is 2. The molecule has 0 aliphatic heterocycles. The lowest BCUT2D eigenvalue weighted by Gasteiger charge is -2.09. The van der Waals surface area contributed by atoms with Gasteiger partial charge in [-0.2, -0.15) is 0 Å². The van der Waals surface area contributed by atoms with Crippen molar-refractivity contribution < 1.29 is 4.79 Å². The monoisotopic (exact) mass is 339 g/mol. The van der Waals surface area contributed by atoms with Crippen molar-refractivity contribution in [2.24, 2.45) is 0 Å². The lowest BCUT2D eigenvalue weighted by atomic mass is 10.2. The van der Waals surface area contributed by atoms with E-state index in [1.165, 1.54) is 0 Å². The van der Waals surface area contributed by atoms with Gasteiger partial charge in [0.2, 0.25) is 0 Å². The van der Waals surface area contributed by atoms with Gasteiger partial charge in [0.05, 0.1) is 10.6 Å². The normalized spacial score (nSPS) is 10.3. The lowest BCUT2D eigenvalue weighted by molar-refractivity contribution is 0.102. The van der Waals surface area contributed by atoms with E-state index < -0.39 is 0 Å². The molecule has 0 spiro atoms. The molecule has 4 nitrogen and oxygen atoms in total. The summed E-state index contributed by atoms with van der Waals surface area (Å²) in [5.74, 6) is 0.184. The second-order valence-corrected chi connectivity index (χ2v) is 5.34. The van der Waals surface area contributed by atoms with Gasteiger partial charge in [0.15, 0.2) is 0 Å². The van der Waals surface area contributed by atoms with Crippen LogP contribution in [-0.2, 0) is 0 Å². The van der Waals surface area contributed by atoms with Gasteiger partial charge in [-0.05, 0) is 52.7 Å². The maximum Gasteiger partial charge on any atom is 0.258 e. The highest BCUT2D eigenvalue weighted by Crippen LogP contribution is 2.22. The van der Waals surface area contributed by atoms with E-state index in [0.29, 0.717) is 22.1 Å². The zero-order chi connectivity index (χ0) is 14.0. The molecular formula is C13H11BrClN3O. The predicted molar refractivity (Wildman–Crippen MR) is 80.5 cm³/mol. The number of halogens is 2. The number of benzene rings is 1. The largest absolute Gasteiger partial charge is 0.399 e. The minimum Gasteiger partial charge on any atom is -0.399 e. The number of pyridine rings is 1. The van der Waals surface area contributed by atoms with Crippen molar-refractivity contribution in [3.8, 4) is 0 Å². The van der Waals surface area contributed by atoms with Crippen molar-refractivity contribution in [1.29, 1.82) is 0 Å². The first-order valence-corrected chi connectivity index (χ1v) is 6.63. The van der Waals surface area contributed by atoms with Crippen molar-refractivity contribution in [2.45, 2.75) is 6.92 Å². The minimum absolute atomic E-state index is 0.312. The van der Waals surface area contributed by atoms with E-state index in [-0.39, 0.29) is 5.91 Å². The molecule has 98 valence electrons. The van der Waals surface area contributed by atoms with Gasteiger partial charge in [0.25, 0.3) is 5.91 Å². The molecule has 6 heteroatoms. The molecule has 2 rings (SSSR count). The number of carbonyl (C=O) groups is 1. The molecule has 0 radical (unpaired) electrons. The summed E-state index contributed by atoms with van der Waals surface area (Å²) in [7, 11) is 0. The van der Waals surface area contributed by atoms with Crippen LogP contribution in [0.1, 0.15) is 15.9 Å². The fraction of sp³-hybridized carbons (Fsp3) is 0.0769. The molecule has 3 N–H and O–H groups in total. The van der Waals surface area contributed by atoms with Crippen LogP contribution >= 0.6 is 27.5 Å². The molecular weight excluding hydrogens is 330 g/mol. The van der Waals surface area contributed by atoms with E-state index in [1.807, 2.05) is 13.0 Å². The summed E-state index contributed by atoms with van der Waals surface area (Å²) >= 11 is 9.30. The Balaban J connectivity index is 2.25. The van der Waals surface area contributed by atoms with Crippen LogP contribution in [0.2, 0.25) is 5.02 Å². The number of nitrogen functional groups attached to an aromatic ring is 1. The van der Waals surface area contributed by atoms with Crippen LogP contribution in [0, 0.1) is 6.92 Å². The molecule has 1 aromatic carbocycles. The van der Waals surface area contributed by atoms with Crippen LogP contribution < -0.4 is 11.1 Å². The van der Waals surface area contributed by atoms with Crippen LogP contribution in [0.25, 0.3) is 0 Å². The molecule has 0 fully saturated rings. The lowest BCUT2D eigenvalue weighted by Crippen LogP contribution is -2.14. The van der Waals surface area contributed by atoms with Crippen molar-refractivity contribution in [2.75, 3.05) is 11.1 Å². The molecule has 0 atom stereocenters. The minimum atomic E-state index is -0.317. The summed E-state index contributed by atoms with van der Waals surface area (Å²) in [6.45, 7) is 1.86. The number of aromatic nitrogens is 1. The zero-order valence-corrected chi connectivity index (χ0v) is 12.4. The van der Waals surface area contributed by atoms with Gasteiger partial charge in [-0.3, -0.25) is 4.79 Å². The number of amides is 1. The third-order valence-electron chi connectivity index (χ3n) is 2.51. The molecule has 0 aliphatic carbocycles. The maximum absolute atomic E-state index is 12.1. The highest BCUT2D eigenvalue weighted by atomic mass is 79.9. The Morgan fingerprint density at radius 2 is 2.16 bits per heavy atom. The van der Waals surface area contributed by atoms with Gasteiger partial charge >= 0.3 is 0 Å². The second-order valence-electron chi connectivity index (χ2n) is 4.01. The summed E-state index contributed by atoms with van der Waals surface area (Å²) in [6.07, 6.45) is 1.62. The molecule has 0 saturated heterocycles. The second kappa shape index (κ2) is 5.59. The van der Waals surface area contributed by atoms with E-state index in [1.54, 1.807) is 24.4 Å². The Morgan fingerprint density at radius 3 is 2.79 bits per heavy atom. The van der Waals surface area contributed by atoms with Crippen LogP contribution in [0.3, 0.4) is 0 Å². The number of nitrogens with zero attached hydrogens (tertiary/aromatic N) is 1. The van der Waals surface area contributed by atoms with Gasteiger partial charge in [0.1, 0.15) is 5.82 Å². The number of rotatable bonds is 2. The van der Waals surface area contributed by atoms with Crippen LogP contribution in [0.5, 0.6) is 0 Å². The Bertz CT molecular complexity index is 646. The summed E-state index contributed by atoms with van der Waals surface area (Å²) in [4.78, 5) is 16.2. The topological polar surface area (TPSA) is 68.0 Å². The molecule has 2 aromatic rings. The zero-order valence-electron chi connectivity index (χ0n) is 10.1. The molecule has 19 heavy (non-hydrogen) atoms. The van der Waals surface area contributed by atoms with Crippen molar-refractivity contribution >= 4 is 44.9 Å². The first-order chi connectivity index (χ1) is 8.97. The molecule has 0 aliphatic rings. The maximum atomic E-state index is 12.1. The predicted octanol–water partition coefficient (Wildman–Crippen LogP) is 3.64. The van der Waals surface area contributed by atoms with E-state index in [2.05, 4.69) is 26.2 Å². The van der Waals surface area contributed by atoms with Gasteiger partial charge in [-0.25, -0.2) is 4.98 Å². The van der Waals surface area contributed by atoms with Crippen LogP contribution in [0.4, 0.5) is 11.5 Å². The SMILES string of the molecule is Cc1cc(Br)cnc1NC(=O)c1ccc(N)cc1Cl. The average molecular weight is 341 g/mol. The average Bonchev–Trinajstić information content (AvgIpc) is 2.32. The number of anilines is 2. The summed E-state index contributed by atoms with van der Waals surface area (Å²) in [6, 6.07) is 6.62. The quantitative estimate of drug-likeness (QED) is 0.820. The van der Waals surface area contributed by atoms with E-state index >= 15 is 0 Å². The van der Waals surface area contributed by atoms with Gasteiger partial charge in [0, 0.05) is 16.4 Å². The van der Waals surface area contributed by atoms with E-state index in [9.17, 15) is 4.79 Å². The van der Waals surface area contributed by atoms with Gasteiger partial charge < -0.3 is 11.1 Å². The molecule has 0 saturated carbocycles. The molecule has 0 bridgehead atoms. The fourth-order valence-electron chi connectivity index (χ4n) is 1.56. The number of hydrogen-bond acceptors (Lipinski definition) is 3.